The molecule has 1 aliphatic carbocycles. The summed E-state index contributed by atoms with van der Waals surface area (Å²) in [7, 11) is 0. The molecule has 16 heavy (non-hydrogen) atoms. The highest BCUT2D eigenvalue weighted by atomic mass is 16.5. The molecule has 0 aromatic heterocycles. The lowest BCUT2D eigenvalue weighted by Gasteiger charge is -2.43. The van der Waals surface area contributed by atoms with Gasteiger partial charge in [0.1, 0.15) is 0 Å². The summed E-state index contributed by atoms with van der Waals surface area (Å²) in [6.07, 6.45) is 9.16. The average molecular weight is 225 g/mol. The van der Waals surface area contributed by atoms with Gasteiger partial charge < -0.3 is 15.6 Å². The maximum absolute atomic E-state index is 10.6. The lowest BCUT2D eigenvalue weighted by molar-refractivity contribution is -0.0814. The van der Waals surface area contributed by atoms with E-state index in [1.165, 1.54) is 0 Å². The number of nitrogens with two attached hydrogens (primary N) is 1. The maximum Gasteiger partial charge on any atom is 0.0641 e. The zero-order valence-corrected chi connectivity index (χ0v) is 9.90. The molecule has 2 rings (SSSR count). The summed E-state index contributed by atoms with van der Waals surface area (Å²) in [5.41, 5.74) is 5.82. The molecular formula is C13H23NO2. The summed E-state index contributed by atoms with van der Waals surface area (Å²) in [4.78, 5) is 0. The van der Waals surface area contributed by atoms with Gasteiger partial charge in [0.25, 0.3) is 0 Å². The van der Waals surface area contributed by atoms with E-state index in [2.05, 4.69) is 12.2 Å². The Morgan fingerprint density at radius 1 is 1.38 bits per heavy atom. The van der Waals surface area contributed by atoms with Crippen LogP contribution in [-0.2, 0) is 4.74 Å². The quantitative estimate of drug-likeness (QED) is 0.715. The lowest BCUT2D eigenvalue weighted by Crippen LogP contribution is -2.49. The van der Waals surface area contributed by atoms with Gasteiger partial charge in [-0.05, 0) is 38.0 Å². The Labute approximate surface area is 97.7 Å². The summed E-state index contributed by atoms with van der Waals surface area (Å²) in [5.74, 6) is 0.395. The number of hydrogen-bond donors (Lipinski definition) is 2. The Morgan fingerprint density at radius 2 is 2.12 bits per heavy atom. The van der Waals surface area contributed by atoms with Crippen LogP contribution in [0.1, 0.15) is 32.1 Å². The van der Waals surface area contributed by atoms with Crippen molar-refractivity contribution in [3.63, 3.8) is 0 Å². The third kappa shape index (κ3) is 2.31. The number of allylic oxidation sites excluding steroid dienone is 2. The van der Waals surface area contributed by atoms with Crippen LogP contribution in [0.25, 0.3) is 0 Å². The Balaban J connectivity index is 2.04. The molecule has 0 radical (unpaired) electrons. The van der Waals surface area contributed by atoms with Gasteiger partial charge in [0.2, 0.25) is 0 Å². The molecule has 1 heterocycles. The fourth-order valence-corrected chi connectivity index (χ4v) is 3.00. The van der Waals surface area contributed by atoms with Crippen molar-refractivity contribution in [2.24, 2.45) is 17.1 Å². The standard InChI is InChI=1S/C13H23NO2/c14-10-13(6-8-16-9-7-13)12(15)11-4-2-1-3-5-11/h1-2,11-12,15H,3-10,14H2. The molecule has 0 aromatic rings. The van der Waals surface area contributed by atoms with Crippen molar-refractivity contribution in [3.05, 3.63) is 12.2 Å². The molecule has 2 aliphatic rings. The second-order valence-corrected chi connectivity index (χ2v) is 5.17. The van der Waals surface area contributed by atoms with Crippen LogP contribution >= 0.6 is 0 Å². The minimum Gasteiger partial charge on any atom is -0.392 e. The number of aliphatic hydroxyl groups excluding tert-OH is 1. The Hall–Kier alpha value is -0.380. The van der Waals surface area contributed by atoms with Crippen molar-refractivity contribution in [2.45, 2.75) is 38.2 Å². The van der Waals surface area contributed by atoms with Gasteiger partial charge in [0.15, 0.2) is 0 Å². The monoisotopic (exact) mass is 225 g/mol. The average Bonchev–Trinajstić information content (AvgIpc) is 2.39. The summed E-state index contributed by atoms with van der Waals surface area (Å²) in [5, 5.41) is 10.6. The zero-order chi connectivity index (χ0) is 11.4. The van der Waals surface area contributed by atoms with Crippen LogP contribution in [0.3, 0.4) is 0 Å². The molecule has 1 fully saturated rings. The van der Waals surface area contributed by atoms with E-state index in [9.17, 15) is 5.11 Å². The van der Waals surface area contributed by atoms with Gasteiger partial charge in [0.05, 0.1) is 6.10 Å². The van der Waals surface area contributed by atoms with Gasteiger partial charge >= 0.3 is 0 Å². The van der Waals surface area contributed by atoms with E-state index in [-0.39, 0.29) is 11.5 Å². The molecule has 0 amide bonds. The van der Waals surface area contributed by atoms with E-state index >= 15 is 0 Å². The summed E-state index contributed by atoms with van der Waals surface area (Å²) < 4.78 is 5.38. The predicted octanol–water partition coefficient (Wildman–Crippen LogP) is 1.46. The van der Waals surface area contributed by atoms with E-state index in [0.29, 0.717) is 12.5 Å². The highest BCUT2D eigenvalue weighted by Crippen LogP contribution is 2.39. The normalized spacial score (nSPS) is 31.2. The Morgan fingerprint density at radius 3 is 2.69 bits per heavy atom. The molecule has 3 nitrogen and oxygen atoms in total. The van der Waals surface area contributed by atoms with E-state index in [0.717, 1.165) is 45.3 Å². The molecule has 0 aromatic carbocycles. The van der Waals surface area contributed by atoms with Gasteiger partial charge in [-0.15, -0.1) is 0 Å². The van der Waals surface area contributed by atoms with E-state index in [1.807, 2.05) is 0 Å². The van der Waals surface area contributed by atoms with Crippen LogP contribution in [-0.4, -0.2) is 31.0 Å². The first-order valence-corrected chi connectivity index (χ1v) is 6.39. The van der Waals surface area contributed by atoms with Crippen LogP contribution in [0.2, 0.25) is 0 Å². The topological polar surface area (TPSA) is 55.5 Å². The van der Waals surface area contributed by atoms with Crippen molar-refractivity contribution in [1.82, 2.24) is 0 Å². The van der Waals surface area contributed by atoms with E-state index < -0.39 is 0 Å². The molecule has 3 N–H and O–H groups in total. The third-order valence-electron chi connectivity index (χ3n) is 4.28. The number of aliphatic hydroxyl groups is 1. The second kappa shape index (κ2) is 5.30. The number of rotatable bonds is 3. The maximum atomic E-state index is 10.6. The summed E-state index contributed by atoms with van der Waals surface area (Å²) >= 11 is 0. The molecule has 0 spiro atoms. The van der Waals surface area contributed by atoms with Crippen molar-refractivity contribution in [1.29, 1.82) is 0 Å². The molecular weight excluding hydrogens is 202 g/mol. The summed E-state index contributed by atoms with van der Waals surface area (Å²) in [6, 6.07) is 0. The second-order valence-electron chi connectivity index (χ2n) is 5.17. The third-order valence-corrected chi connectivity index (χ3v) is 4.28. The first kappa shape index (κ1) is 12.1. The van der Waals surface area contributed by atoms with E-state index in [1.54, 1.807) is 0 Å². The SMILES string of the molecule is NCC1(C(O)C2CC=CCC2)CCOCC1. The van der Waals surface area contributed by atoms with Crippen molar-refractivity contribution in [2.75, 3.05) is 19.8 Å². The number of hydrogen-bond acceptors (Lipinski definition) is 3. The highest BCUT2D eigenvalue weighted by Gasteiger charge is 2.41. The van der Waals surface area contributed by atoms with Crippen LogP contribution in [0, 0.1) is 11.3 Å². The largest absolute Gasteiger partial charge is 0.392 e. The zero-order valence-electron chi connectivity index (χ0n) is 9.90. The van der Waals surface area contributed by atoms with E-state index in [4.69, 9.17) is 10.5 Å². The Bertz CT molecular complexity index is 246. The minimum atomic E-state index is -0.258. The smallest absolute Gasteiger partial charge is 0.0641 e. The molecule has 0 bridgehead atoms. The lowest BCUT2D eigenvalue weighted by atomic mass is 9.68. The van der Waals surface area contributed by atoms with Crippen LogP contribution in [0.5, 0.6) is 0 Å². The molecule has 2 unspecified atom stereocenters. The van der Waals surface area contributed by atoms with Crippen LogP contribution in [0.15, 0.2) is 12.2 Å². The van der Waals surface area contributed by atoms with Crippen molar-refractivity contribution >= 4 is 0 Å². The number of ether oxygens (including phenoxy) is 1. The molecule has 92 valence electrons. The first-order valence-electron chi connectivity index (χ1n) is 6.39. The molecule has 1 saturated heterocycles. The Kier molecular flexibility index (Phi) is 4.00. The van der Waals surface area contributed by atoms with Gasteiger partial charge in [-0.2, -0.15) is 0 Å². The molecule has 0 saturated carbocycles. The summed E-state index contributed by atoms with van der Waals surface area (Å²) in [6.45, 7) is 2.07. The molecule has 3 heteroatoms. The molecule has 1 aliphatic heterocycles. The van der Waals surface area contributed by atoms with Gasteiger partial charge in [-0.3, -0.25) is 0 Å². The fraction of sp³-hybridized carbons (Fsp3) is 0.846. The van der Waals surface area contributed by atoms with Crippen LogP contribution in [0.4, 0.5) is 0 Å². The highest BCUT2D eigenvalue weighted by molar-refractivity contribution is 4.98. The van der Waals surface area contributed by atoms with Crippen molar-refractivity contribution < 1.29 is 9.84 Å². The van der Waals surface area contributed by atoms with Crippen LogP contribution < -0.4 is 5.73 Å². The van der Waals surface area contributed by atoms with Gasteiger partial charge in [-0.1, -0.05) is 12.2 Å². The fourth-order valence-electron chi connectivity index (χ4n) is 3.00. The molecule has 2 atom stereocenters. The van der Waals surface area contributed by atoms with Crippen molar-refractivity contribution in [3.8, 4) is 0 Å². The van der Waals surface area contributed by atoms with Gasteiger partial charge in [-0.25, -0.2) is 0 Å². The first-order chi connectivity index (χ1) is 7.78. The van der Waals surface area contributed by atoms with Gasteiger partial charge in [0, 0.05) is 25.2 Å². The minimum absolute atomic E-state index is 0.0892. The predicted molar refractivity (Wildman–Crippen MR) is 64.0 cm³/mol.